The third-order valence-electron chi connectivity index (χ3n) is 2.74. The van der Waals surface area contributed by atoms with Gasteiger partial charge in [0.15, 0.2) is 0 Å². The molecule has 0 saturated heterocycles. The van der Waals surface area contributed by atoms with Crippen molar-refractivity contribution in [1.29, 1.82) is 0 Å². The van der Waals surface area contributed by atoms with Crippen molar-refractivity contribution in [1.82, 2.24) is 0 Å². The summed E-state index contributed by atoms with van der Waals surface area (Å²) in [5.74, 6) is 0.312. The average Bonchev–Trinajstić information content (AvgIpc) is 2.37. The second-order valence-electron chi connectivity index (χ2n) is 4.08. The minimum Gasteiger partial charge on any atom is -0.508 e. The smallest absolute Gasteiger partial charge is 0.115 e. The molecule has 2 rings (SSSR count). The molecule has 0 heterocycles. The summed E-state index contributed by atoms with van der Waals surface area (Å²) in [6.07, 6.45) is 1.04. The van der Waals surface area contributed by atoms with Crippen molar-refractivity contribution in [3.8, 4) is 5.75 Å². The van der Waals surface area contributed by atoms with Crippen LogP contribution in [0, 0.1) is 0 Å². The molecule has 0 saturated carbocycles. The Morgan fingerprint density at radius 2 is 1.76 bits per heavy atom. The standard InChI is InChI=1S/C15H17NO/c1-2-12-5-3-7-14(9-12)16-11-13-6-4-8-15(17)10-13/h3-10,16-17H,2,11H2,1H3. The average molecular weight is 227 g/mol. The summed E-state index contributed by atoms with van der Waals surface area (Å²) in [5, 5.41) is 12.7. The zero-order valence-electron chi connectivity index (χ0n) is 9.98. The van der Waals surface area contributed by atoms with Gasteiger partial charge in [0, 0.05) is 12.2 Å². The maximum Gasteiger partial charge on any atom is 0.115 e. The van der Waals surface area contributed by atoms with Crippen LogP contribution in [0.15, 0.2) is 48.5 Å². The fourth-order valence-corrected chi connectivity index (χ4v) is 1.77. The lowest BCUT2D eigenvalue weighted by molar-refractivity contribution is 0.474. The second-order valence-corrected chi connectivity index (χ2v) is 4.08. The number of nitrogens with one attached hydrogen (secondary N) is 1. The molecule has 0 aliphatic carbocycles. The highest BCUT2D eigenvalue weighted by atomic mass is 16.3. The first-order valence-electron chi connectivity index (χ1n) is 5.88. The first kappa shape index (κ1) is 11.5. The molecule has 0 aliphatic heterocycles. The van der Waals surface area contributed by atoms with E-state index >= 15 is 0 Å². The number of aromatic hydroxyl groups is 1. The zero-order chi connectivity index (χ0) is 12.1. The number of anilines is 1. The molecule has 0 fully saturated rings. The van der Waals surface area contributed by atoms with Crippen molar-refractivity contribution in [3.63, 3.8) is 0 Å². The lowest BCUT2D eigenvalue weighted by Gasteiger charge is -2.08. The summed E-state index contributed by atoms with van der Waals surface area (Å²) >= 11 is 0. The van der Waals surface area contributed by atoms with Crippen LogP contribution in [0.1, 0.15) is 18.1 Å². The number of aryl methyl sites for hydroxylation is 1. The van der Waals surface area contributed by atoms with Gasteiger partial charge in [-0.15, -0.1) is 0 Å². The highest BCUT2D eigenvalue weighted by molar-refractivity contribution is 5.46. The van der Waals surface area contributed by atoms with E-state index in [4.69, 9.17) is 0 Å². The van der Waals surface area contributed by atoms with Crippen molar-refractivity contribution in [2.45, 2.75) is 19.9 Å². The van der Waals surface area contributed by atoms with Crippen molar-refractivity contribution in [2.24, 2.45) is 0 Å². The molecule has 0 spiro atoms. The Bertz CT molecular complexity index is 494. The Morgan fingerprint density at radius 1 is 1.00 bits per heavy atom. The van der Waals surface area contributed by atoms with Crippen LogP contribution in [0.4, 0.5) is 5.69 Å². The van der Waals surface area contributed by atoms with E-state index in [1.807, 2.05) is 12.1 Å². The Labute approximate surface area is 102 Å². The topological polar surface area (TPSA) is 32.3 Å². The maximum atomic E-state index is 9.36. The van der Waals surface area contributed by atoms with Crippen LogP contribution in [-0.2, 0) is 13.0 Å². The van der Waals surface area contributed by atoms with Gasteiger partial charge in [0.2, 0.25) is 0 Å². The van der Waals surface area contributed by atoms with Crippen LogP contribution in [0.5, 0.6) is 5.75 Å². The van der Waals surface area contributed by atoms with E-state index in [1.54, 1.807) is 12.1 Å². The molecule has 0 amide bonds. The van der Waals surface area contributed by atoms with Crippen molar-refractivity contribution >= 4 is 5.69 Å². The Hall–Kier alpha value is -1.96. The van der Waals surface area contributed by atoms with Crippen LogP contribution < -0.4 is 5.32 Å². The molecule has 2 heteroatoms. The van der Waals surface area contributed by atoms with Gasteiger partial charge in [-0.25, -0.2) is 0 Å². The van der Waals surface area contributed by atoms with Crippen LogP contribution >= 0.6 is 0 Å². The molecule has 0 atom stereocenters. The van der Waals surface area contributed by atoms with Crippen molar-refractivity contribution < 1.29 is 5.11 Å². The van der Waals surface area contributed by atoms with Gasteiger partial charge in [-0.2, -0.15) is 0 Å². The summed E-state index contributed by atoms with van der Waals surface area (Å²) in [7, 11) is 0. The van der Waals surface area contributed by atoms with E-state index in [0.29, 0.717) is 5.75 Å². The van der Waals surface area contributed by atoms with Crippen LogP contribution in [-0.4, -0.2) is 5.11 Å². The molecule has 2 aromatic rings. The fourth-order valence-electron chi connectivity index (χ4n) is 1.77. The summed E-state index contributed by atoms with van der Waals surface area (Å²) in [5.41, 5.74) is 3.52. The minimum absolute atomic E-state index is 0.312. The van der Waals surface area contributed by atoms with Crippen LogP contribution in [0.25, 0.3) is 0 Å². The molecule has 88 valence electrons. The summed E-state index contributed by atoms with van der Waals surface area (Å²) in [6, 6.07) is 15.7. The van der Waals surface area contributed by atoms with Gasteiger partial charge >= 0.3 is 0 Å². The van der Waals surface area contributed by atoms with Crippen molar-refractivity contribution in [3.05, 3.63) is 59.7 Å². The molecular formula is C15H17NO. The summed E-state index contributed by atoms with van der Waals surface area (Å²) < 4.78 is 0. The van der Waals surface area contributed by atoms with Gasteiger partial charge in [0.1, 0.15) is 5.75 Å². The Morgan fingerprint density at radius 3 is 2.53 bits per heavy atom. The molecule has 0 aromatic heterocycles. The number of benzene rings is 2. The maximum absolute atomic E-state index is 9.36. The van der Waals surface area contributed by atoms with Gasteiger partial charge in [-0.3, -0.25) is 0 Å². The monoisotopic (exact) mass is 227 g/mol. The van der Waals surface area contributed by atoms with Crippen LogP contribution in [0.2, 0.25) is 0 Å². The Kier molecular flexibility index (Phi) is 3.66. The van der Waals surface area contributed by atoms with E-state index < -0.39 is 0 Å². The van der Waals surface area contributed by atoms with E-state index in [9.17, 15) is 5.11 Å². The van der Waals surface area contributed by atoms with E-state index in [1.165, 1.54) is 5.56 Å². The van der Waals surface area contributed by atoms with Gasteiger partial charge < -0.3 is 10.4 Å². The Balaban J connectivity index is 2.02. The van der Waals surface area contributed by atoms with E-state index in [2.05, 4.69) is 36.5 Å². The summed E-state index contributed by atoms with van der Waals surface area (Å²) in [4.78, 5) is 0. The predicted octanol–water partition coefficient (Wildman–Crippen LogP) is 3.57. The van der Waals surface area contributed by atoms with Gasteiger partial charge in [-0.05, 0) is 41.8 Å². The predicted molar refractivity (Wildman–Crippen MR) is 71.3 cm³/mol. The third kappa shape index (κ3) is 3.25. The second kappa shape index (κ2) is 5.39. The lowest BCUT2D eigenvalue weighted by Crippen LogP contribution is -1.99. The van der Waals surface area contributed by atoms with E-state index in [0.717, 1.165) is 24.2 Å². The molecular weight excluding hydrogens is 210 g/mol. The molecule has 2 N–H and O–H groups in total. The van der Waals surface area contributed by atoms with Gasteiger partial charge in [-0.1, -0.05) is 31.2 Å². The molecule has 0 aliphatic rings. The first-order valence-corrected chi connectivity index (χ1v) is 5.88. The molecule has 2 nitrogen and oxygen atoms in total. The van der Waals surface area contributed by atoms with Crippen LogP contribution in [0.3, 0.4) is 0 Å². The fraction of sp³-hybridized carbons (Fsp3) is 0.200. The molecule has 17 heavy (non-hydrogen) atoms. The highest BCUT2D eigenvalue weighted by Crippen LogP contribution is 2.15. The number of hydrogen-bond acceptors (Lipinski definition) is 2. The normalized spacial score (nSPS) is 10.2. The van der Waals surface area contributed by atoms with E-state index in [-0.39, 0.29) is 0 Å². The minimum atomic E-state index is 0.312. The quantitative estimate of drug-likeness (QED) is 0.837. The zero-order valence-corrected chi connectivity index (χ0v) is 9.98. The van der Waals surface area contributed by atoms with Gasteiger partial charge in [0.25, 0.3) is 0 Å². The van der Waals surface area contributed by atoms with Gasteiger partial charge in [0.05, 0.1) is 0 Å². The molecule has 0 radical (unpaired) electrons. The highest BCUT2D eigenvalue weighted by Gasteiger charge is 1.96. The number of hydrogen-bond donors (Lipinski definition) is 2. The number of rotatable bonds is 4. The summed E-state index contributed by atoms with van der Waals surface area (Å²) in [6.45, 7) is 2.87. The van der Waals surface area contributed by atoms with Crippen molar-refractivity contribution in [2.75, 3.05) is 5.32 Å². The third-order valence-corrected chi connectivity index (χ3v) is 2.74. The molecule has 2 aromatic carbocycles. The molecule has 0 unspecified atom stereocenters. The lowest BCUT2D eigenvalue weighted by atomic mass is 10.1. The number of phenolic OH excluding ortho intramolecular Hbond substituents is 1. The first-order chi connectivity index (χ1) is 8.28. The SMILES string of the molecule is CCc1cccc(NCc2cccc(O)c2)c1. The largest absolute Gasteiger partial charge is 0.508 e. The molecule has 0 bridgehead atoms. The number of phenols is 1.